The monoisotopic (exact) mass is 345 g/mol. The Morgan fingerprint density at radius 2 is 2.36 bits per heavy atom. The number of amides is 1. The van der Waals surface area contributed by atoms with E-state index in [4.69, 9.17) is 0 Å². The summed E-state index contributed by atoms with van der Waals surface area (Å²) in [6.45, 7) is 5.95. The highest BCUT2D eigenvalue weighted by atomic mass is 32.2. The molecule has 2 unspecified atom stereocenters. The number of carbonyl (C=O) groups excluding carboxylic acids is 1. The average molecular weight is 345 g/mol. The summed E-state index contributed by atoms with van der Waals surface area (Å²) in [6, 6.07) is 2.61. The van der Waals surface area contributed by atoms with E-state index in [9.17, 15) is 13.2 Å². The van der Waals surface area contributed by atoms with Gasteiger partial charge in [-0.15, -0.1) is 11.3 Å². The molecule has 0 spiro atoms. The van der Waals surface area contributed by atoms with Crippen molar-refractivity contribution in [2.75, 3.05) is 19.6 Å². The summed E-state index contributed by atoms with van der Waals surface area (Å²) < 4.78 is 27.2. The van der Waals surface area contributed by atoms with Gasteiger partial charge in [0.05, 0.1) is 6.04 Å². The lowest BCUT2D eigenvalue weighted by molar-refractivity contribution is -0.134. The van der Waals surface area contributed by atoms with E-state index in [1.165, 1.54) is 6.07 Å². The second-order valence-corrected chi connectivity index (χ2v) is 8.34. The van der Waals surface area contributed by atoms with E-state index in [-0.39, 0.29) is 16.2 Å². The van der Waals surface area contributed by atoms with Crippen molar-refractivity contribution < 1.29 is 13.2 Å². The first kappa shape index (κ1) is 17.4. The molecular formula is C14H23N3O3S2. The number of hydrogen-bond donors (Lipinski definition) is 2. The quantitative estimate of drug-likeness (QED) is 0.773. The Labute approximate surface area is 135 Å². The van der Waals surface area contributed by atoms with Crippen molar-refractivity contribution in [2.45, 2.75) is 43.0 Å². The first-order valence-electron chi connectivity index (χ1n) is 7.52. The summed E-state index contributed by atoms with van der Waals surface area (Å²) in [7, 11) is -3.63. The minimum Gasteiger partial charge on any atom is -0.337 e. The molecule has 0 saturated carbocycles. The zero-order valence-corrected chi connectivity index (χ0v) is 14.5. The zero-order valence-electron chi connectivity index (χ0n) is 12.9. The van der Waals surface area contributed by atoms with Crippen molar-refractivity contribution in [1.82, 2.24) is 14.9 Å². The molecule has 0 aromatic carbocycles. The van der Waals surface area contributed by atoms with Crippen LogP contribution in [-0.2, 0) is 14.8 Å². The smallest absolute Gasteiger partial charge is 0.250 e. The van der Waals surface area contributed by atoms with E-state index in [2.05, 4.69) is 10.0 Å². The maximum atomic E-state index is 12.6. The summed E-state index contributed by atoms with van der Waals surface area (Å²) in [4.78, 5) is 14.4. The van der Waals surface area contributed by atoms with Crippen LogP contribution in [-0.4, -0.2) is 50.9 Å². The molecule has 6 nitrogen and oxygen atoms in total. The maximum Gasteiger partial charge on any atom is 0.250 e. The van der Waals surface area contributed by atoms with Gasteiger partial charge < -0.3 is 10.2 Å². The van der Waals surface area contributed by atoms with Crippen LogP contribution in [0.2, 0.25) is 0 Å². The molecule has 2 heterocycles. The predicted octanol–water partition coefficient (Wildman–Crippen LogP) is 1.02. The Morgan fingerprint density at radius 3 is 2.91 bits per heavy atom. The van der Waals surface area contributed by atoms with Gasteiger partial charge in [-0.1, -0.05) is 13.0 Å². The number of rotatable bonds is 7. The number of thiophene rings is 1. The van der Waals surface area contributed by atoms with Gasteiger partial charge in [0, 0.05) is 19.1 Å². The van der Waals surface area contributed by atoms with Crippen LogP contribution in [0.3, 0.4) is 0 Å². The standard InChI is InChI=1S/C14H23N3O3S2/c1-3-8-17(12-6-7-15-10-12)14(18)11(2)16-22(19,20)13-5-4-9-21-13/h4-5,9,11-12,15-16H,3,6-8,10H2,1-2H3. The van der Waals surface area contributed by atoms with Crippen LogP contribution in [0.25, 0.3) is 0 Å². The van der Waals surface area contributed by atoms with Gasteiger partial charge >= 0.3 is 0 Å². The molecule has 124 valence electrons. The minimum absolute atomic E-state index is 0.154. The highest BCUT2D eigenvalue weighted by Crippen LogP contribution is 2.17. The molecule has 1 saturated heterocycles. The molecule has 1 fully saturated rings. The normalized spacial score (nSPS) is 20.0. The van der Waals surface area contributed by atoms with E-state index in [1.54, 1.807) is 18.4 Å². The van der Waals surface area contributed by atoms with Crippen LogP contribution >= 0.6 is 11.3 Å². The topological polar surface area (TPSA) is 78.5 Å². The molecule has 2 atom stereocenters. The molecule has 1 aliphatic rings. The Morgan fingerprint density at radius 1 is 1.59 bits per heavy atom. The molecule has 2 N–H and O–H groups in total. The third-order valence-corrected chi connectivity index (χ3v) is 6.62. The van der Waals surface area contributed by atoms with Crippen LogP contribution < -0.4 is 10.0 Å². The maximum absolute atomic E-state index is 12.6. The van der Waals surface area contributed by atoms with Crippen LogP contribution in [0.1, 0.15) is 26.7 Å². The summed E-state index contributed by atoms with van der Waals surface area (Å²) in [5, 5.41) is 4.95. The van der Waals surface area contributed by atoms with Crippen molar-refractivity contribution in [3.05, 3.63) is 17.5 Å². The number of carbonyl (C=O) groups is 1. The lowest BCUT2D eigenvalue weighted by Gasteiger charge is -2.30. The number of hydrogen-bond acceptors (Lipinski definition) is 5. The summed E-state index contributed by atoms with van der Waals surface area (Å²) >= 11 is 1.14. The van der Waals surface area contributed by atoms with Gasteiger partial charge in [0.25, 0.3) is 10.0 Å². The Hall–Kier alpha value is -0.960. The number of nitrogens with zero attached hydrogens (tertiary/aromatic N) is 1. The van der Waals surface area contributed by atoms with Gasteiger partial charge in [-0.05, 0) is 37.8 Å². The van der Waals surface area contributed by atoms with Crippen molar-refractivity contribution in [1.29, 1.82) is 0 Å². The number of sulfonamides is 1. The highest BCUT2D eigenvalue weighted by molar-refractivity contribution is 7.91. The zero-order chi connectivity index (χ0) is 16.2. The predicted molar refractivity (Wildman–Crippen MR) is 87.4 cm³/mol. The summed E-state index contributed by atoms with van der Waals surface area (Å²) in [6.07, 6.45) is 1.77. The molecule has 1 aliphatic heterocycles. The molecule has 22 heavy (non-hydrogen) atoms. The SMILES string of the molecule is CCCN(C(=O)C(C)NS(=O)(=O)c1cccs1)C1CCNC1. The van der Waals surface area contributed by atoms with E-state index in [0.29, 0.717) is 6.54 Å². The first-order valence-corrected chi connectivity index (χ1v) is 9.89. The van der Waals surface area contributed by atoms with Crippen molar-refractivity contribution in [3.63, 3.8) is 0 Å². The van der Waals surface area contributed by atoms with E-state index in [0.717, 1.165) is 37.3 Å². The Kier molecular flexibility index (Phi) is 5.96. The average Bonchev–Trinajstić information content (AvgIpc) is 3.15. The lowest BCUT2D eigenvalue weighted by atomic mass is 10.1. The molecule has 0 radical (unpaired) electrons. The molecule has 1 amide bonds. The Balaban J connectivity index is 2.06. The summed E-state index contributed by atoms with van der Waals surface area (Å²) in [5.41, 5.74) is 0. The molecule has 8 heteroatoms. The van der Waals surface area contributed by atoms with Gasteiger partial charge in [0.2, 0.25) is 5.91 Å². The minimum atomic E-state index is -3.63. The van der Waals surface area contributed by atoms with Crippen LogP contribution in [0.15, 0.2) is 21.7 Å². The second kappa shape index (κ2) is 7.54. The molecule has 0 aliphatic carbocycles. The van der Waals surface area contributed by atoms with Gasteiger partial charge in [0.1, 0.15) is 4.21 Å². The molecule has 1 aromatic heterocycles. The molecule has 1 aromatic rings. The van der Waals surface area contributed by atoms with Crippen LogP contribution in [0.5, 0.6) is 0 Å². The largest absolute Gasteiger partial charge is 0.337 e. The van der Waals surface area contributed by atoms with Crippen molar-refractivity contribution in [2.24, 2.45) is 0 Å². The first-order chi connectivity index (χ1) is 10.5. The molecular weight excluding hydrogens is 322 g/mol. The molecule has 2 rings (SSSR count). The van der Waals surface area contributed by atoms with Gasteiger partial charge in [0.15, 0.2) is 0 Å². The molecule has 0 bridgehead atoms. The summed E-state index contributed by atoms with van der Waals surface area (Å²) in [5.74, 6) is -0.157. The third kappa shape index (κ3) is 4.07. The van der Waals surface area contributed by atoms with Gasteiger partial charge in [-0.25, -0.2) is 8.42 Å². The van der Waals surface area contributed by atoms with E-state index in [1.807, 2.05) is 11.8 Å². The fourth-order valence-corrected chi connectivity index (χ4v) is 4.83. The van der Waals surface area contributed by atoms with Crippen molar-refractivity contribution >= 4 is 27.3 Å². The van der Waals surface area contributed by atoms with Crippen LogP contribution in [0, 0.1) is 0 Å². The third-order valence-electron chi connectivity index (χ3n) is 3.68. The fourth-order valence-electron chi connectivity index (χ4n) is 2.63. The van der Waals surface area contributed by atoms with Crippen LogP contribution in [0.4, 0.5) is 0 Å². The number of nitrogens with one attached hydrogen (secondary N) is 2. The van der Waals surface area contributed by atoms with E-state index >= 15 is 0 Å². The van der Waals surface area contributed by atoms with Crippen molar-refractivity contribution in [3.8, 4) is 0 Å². The lowest BCUT2D eigenvalue weighted by Crippen LogP contribution is -2.51. The second-order valence-electron chi connectivity index (χ2n) is 5.45. The Bertz CT molecular complexity index is 580. The highest BCUT2D eigenvalue weighted by Gasteiger charge is 2.31. The fraction of sp³-hybridized carbons (Fsp3) is 0.643. The van der Waals surface area contributed by atoms with E-state index < -0.39 is 16.1 Å². The van der Waals surface area contributed by atoms with Gasteiger partial charge in [-0.2, -0.15) is 4.72 Å². The van der Waals surface area contributed by atoms with Gasteiger partial charge in [-0.3, -0.25) is 4.79 Å².